The lowest BCUT2D eigenvalue weighted by atomic mass is 10.1. The molecule has 1 aromatic rings. The van der Waals surface area contributed by atoms with Gasteiger partial charge in [0, 0.05) is 12.6 Å². The Hall–Kier alpha value is -2.43. The second kappa shape index (κ2) is 6.65. The fourth-order valence-corrected chi connectivity index (χ4v) is 1.79. The van der Waals surface area contributed by atoms with Crippen molar-refractivity contribution in [2.24, 2.45) is 0 Å². The van der Waals surface area contributed by atoms with Gasteiger partial charge in [0.2, 0.25) is 11.7 Å². The number of benzene rings is 1. The van der Waals surface area contributed by atoms with E-state index in [1.54, 1.807) is 25.3 Å². The van der Waals surface area contributed by atoms with Crippen LogP contribution in [0.25, 0.3) is 6.08 Å². The first-order chi connectivity index (χ1) is 9.74. The molecule has 0 bridgehead atoms. The summed E-state index contributed by atoms with van der Waals surface area (Å²) >= 11 is 0. The molecule has 0 radical (unpaired) electrons. The third kappa shape index (κ3) is 3.32. The molecule has 5 nitrogen and oxygen atoms in total. The fourth-order valence-electron chi connectivity index (χ4n) is 1.79. The van der Waals surface area contributed by atoms with E-state index in [0.717, 1.165) is 5.56 Å². The molecular weight excluding hydrogens is 258 g/mol. The van der Waals surface area contributed by atoms with Crippen molar-refractivity contribution in [1.82, 2.24) is 5.32 Å². The summed E-state index contributed by atoms with van der Waals surface area (Å²) in [5.41, 5.74) is 0.805. The van der Waals surface area contributed by atoms with Crippen LogP contribution in [0.5, 0.6) is 17.2 Å². The van der Waals surface area contributed by atoms with Crippen LogP contribution in [0.3, 0.4) is 0 Å². The molecule has 106 valence electrons. The Kier molecular flexibility index (Phi) is 4.65. The van der Waals surface area contributed by atoms with Gasteiger partial charge in [-0.1, -0.05) is 6.08 Å². The van der Waals surface area contributed by atoms with Crippen LogP contribution in [-0.4, -0.2) is 32.8 Å². The van der Waals surface area contributed by atoms with Crippen LogP contribution < -0.4 is 19.5 Å². The molecule has 0 aliphatic carbocycles. The molecule has 2 rings (SSSR count). The van der Waals surface area contributed by atoms with Gasteiger partial charge in [0.25, 0.3) is 0 Å². The van der Waals surface area contributed by atoms with E-state index in [4.69, 9.17) is 14.2 Å². The highest BCUT2D eigenvalue weighted by Crippen LogP contribution is 2.40. The number of methoxy groups -OCH3 is 1. The van der Waals surface area contributed by atoms with Crippen molar-refractivity contribution in [3.63, 3.8) is 0 Å². The van der Waals surface area contributed by atoms with Gasteiger partial charge < -0.3 is 19.5 Å². The molecule has 1 amide bonds. The highest BCUT2D eigenvalue weighted by molar-refractivity contribution is 5.92. The molecule has 0 fully saturated rings. The number of ether oxygens (including phenoxy) is 3. The summed E-state index contributed by atoms with van der Waals surface area (Å²) in [5.74, 6) is 1.64. The standard InChI is InChI=1S/C15H17NO4/c1-3-6-16-14(17)5-4-11-9-12(18-2)15-13(10-11)19-7-8-20-15/h3-5,9-10H,1,6-8H2,2H3,(H,16,17)/b5-4+. The number of amides is 1. The van der Waals surface area contributed by atoms with Gasteiger partial charge >= 0.3 is 0 Å². The van der Waals surface area contributed by atoms with E-state index in [1.807, 2.05) is 6.07 Å². The third-order valence-corrected chi connectivity index (χ3v) is 2.70. The predicted molar refractivity (Wildman–Crippen MR) is 76.2 cm³/mol. The molecule has 20 heavy (non-hydrogen) atoms. The van der Waals surface area contributed by atoms with Gasteiger partial charge in [0.15, 0.2) is 11.5 Å². The van der Waals surface area contributed by atoms with E-state index >= 15 is 0 Å². The number of rotatable bonds is 5. The van der Waals surface area contributed by atoms with E-state index in [2.05, 4.69) is 11.9 Å². The van der Waals surface area contributed by atoms with Crippen LogP contribution in [0.2, 0.25) is 0 Å². The zero-order chi connectivity index (χ0) is 14.4. The molecule has 5 heteroatoms. The summed E-state index contributed by atoms with van der Waals surface area (Å²) in [4.78, 5) is 11.5. The van der Waals surface area contributed by atoms with Crippen molar-refractivity contribution in [3.8, 4) is 17.2 Å². The molecule has 1 heterocycles. The lowest BCUT2D eigenvalue weighted by Gasteiger charge is -2.20. The van der Waals surface area contributed by atoms with Crippen molar-refractivity contribution in [2.45, 2.75) is 0 Å². The molecular formula is C15H17NO4. The molecule has 0 atom stereocenters. The summed E-state index contributed by atoms with van der Waals surface area (Å²) < 4.78 is 16.3. The third-order valence-electron chi connectivity index (χ3n) is 2.70. The first kappa shape index (κ1) is 14.0. The maximum absolute atomic E-state index is 11.5. The minimum atomic E-state index is -0.182. The summed E-state index contributed by atoms with van der Waals surface area (Å²) in [5, 5.41) is 2.66. The number of nitrogens with one attached hydrogen (secondary N) is 1. The quantitative estimate of drug-likeness (QED) is 0.657. The zero-order valence-electron chi connectivity index (χ0n) is 11.3. The van der Waals surface area contributed by atoms with Gasteiger partial charge in [-0.15, -0.1) is 6.58 Å². The maximum Gasteiger partial charge on any atom is 0.244 e. The Morgan fingerprint density at radius 1 is 1.45 bits per heavy atom. The SMILES string of the molecule is C=CCNC(=O)/C=C/c1cc(OC)c2c(c1)OCCO2. The lowest BCUT2D eigenvalue weighted by molar-refractivity contribution is -0.116. The van der Waals surface area contributed by atoms with Crippen LogP contribution in [0.15, 0.2) is 30.9 Å². The van der Waals surface area contributed by atoms with E-state index in [1.165, 1.54) is 6.08 Å². The van der Waals surface area contributed by atoms with E-state index < -0.39 is 0 Å². The Labute approximate surface area is 117 Å². The molecule has 1 aliphatic rings. The highest BCUT2D eigenvalue weighted by Gasteiger charge is 2.17. The summed E-state index contributed by atoms with van der Waals surface area (Å²) in [6.45, 7) is 4.98. The highest BCUT2D eigenvalue weighted by atomic mass is 16.6. The van der Waals surface area contributed by atoms with Crippen molar-refractivity contribution >= 4 is 12.0 Å². The minimum Gasteiger partial charge on any atom is -0.493 e. The second-order valence-electron chi connectivity index (χ2n) is 4.11. The van der Waals surface area contributed by atoms with Crippen LogP contribution in [0, 0.1) is 0 Å². The number of carbonyl (C=O) groups excluding carboxylic acids is 1. The average Bonchev–Trinajstić information content (AvgIpc) is 2.49. The number of fused-ring (bicyclic) bond motifs is 1. The minimum absolute atomic E-state index is 0.182. The number of hydrogen-bond acceptors (Lipinski definition) is 4. The summed E-state index contributed by atoms with van der Waals surface area (Å²) in [6.07, 6.45) is 4.77. The fraction of sp³-hybridized carbons (Fsp3) is 0.267. The number of carbonyl (C=O) groups is 1. The largest absolute Gasteiger partial charge is 0.493 e. The number of hydrogen-bond donors (Lipinski definition) is 1. The summed E-state index contributed by atoms with van der Waals surface area (Å²) in [7, 11) is 1.57. The van der Waals surface area contributed by atoms with Crippen molar-refractivity contribution in [1.29, 1.82) is 0 Å². The molecule has 1 N–H and O–H groups in total. The monoisotopic (exact) mass is 275 g/mol. The maximum atomic E-state index is 11.5. The lowest BCUT2D eigenvalue weighted by Crippen LogP contribution is -2.20. The van der Waals surface area contributed by atoms with Gasteiger partial charge in [-0.25, -0.2) is 0 Å². The zero-order valence-corrected chi connectivity index (χ0v) is 11.3. The van der Waals surface area contributed by atoms with Crippen LogP contribution in [0.1, 0.15) is 5.56 Å². The van der Waals surface area contributed by atoms with Crippen LogP contribution >= 0.6 is 0 Å². The van der Waals surface area contributed by atoms with E-state index in [0.29, 0.717) is 37.0 Å². The van der Waals surface area contributed by atoms with E-state index in [9.17, 15) is 4.79 Å². The van der Waals surface area contributed by atoms with E-state index in [-0.39, 0.29) is 5.91 Å². The first-order valence-corrected chi connectivity index (χ1v) is 6.29. The Morgan fingerprint density at radius 3 is 3.00 bits per heavy atom. The second-order valence-corrected chi connectivity index (χ2v) is 4.11. The van der Waals surface area contributed by atoms with Crippen LogP contribution in [0.4, 0.5) is 0 Å². The molecule has 1 aromatic carbocycles. The van der Waals surface area contributed by atoms with Gasteiger partial charge in [-0.3, -0.25) is 4.79 Å². The Bertz CT molecular complexity index is 520. The molecule has 0 saturated heterocycles. The van der Waals surface area contributed by atoms with Gasteiger partial charge in [-0.2, -0.15) is 0 Å². The predicted octanol–water partition coefficient (Wildman–Crippen LogP) is 1.78. The summed E-state index contributed by atoms with van der Waals surface area (Å²) in [6, 6.07) is 3.61. The molecule has 0 spiro atoms. The molecule has 0 saturated carbocycles. The Balaban J connectivity index is 2.18. The average molecular weight is 275 g/mol. The molecule has 0 unspecified atom stereocenters. The van der Waals surface area contributed by atoms with Gasteiger partial charge in [0.05, 0.1) is 7.11 Å². The van der Waals surface area contributed by atoms with Crippen molar-refractivity contribution < 1.29 is 19.0 Å². The normalized spacial score (nSPS) is 13.1. The topological polar surface area (TPSA) is 56.8 Å². The first-order valence-electron chi connectivity index (χ1n) is 6.29. The molecule has 0 aromatic heterocycles. The van der Waals surface area contributed by atoms with Crippen molar-refractivity contribution in [2.75, 3.05) is 26.9 Å². The van der Waals surface area contributed by atoms with Gasteiger partial charge in [-0.05, 0) is 23.8 Å². The molecule has 1 aliphatic heterocycles. The smallest absolute Gasteiger partial charge is 0.244 e. The van der Waals surface area contributed by atoms with Gasteiger partial charge in [0.1, 0.15) is 13.2 Å². The van der Waals surface area contributed by atoms with Crippen LogP contribution in [-0.2, 0) is 4.79 Å². The van der Waals surface area contributed by atoms with Crippen molar-refractivity contribution in [3.05, 3.63) is 36.4 Å². The Morgan fingerprint density at radius 2 is 2.25 bits per heavy atom.